The zero-order valence-corrected chi connectivity index (χ0v) is 15.0. The lowest BCUT2D eigenvalue weighted by Crippen LogP contribution is -2.61. The maximum absolute atomic E-state index is 13.7. The summed E-state index contributed by atoms with van der Waals surface area (Å²) in [7, 11) is 1.60. The van der Waals surface area contributed by atoms with Crippen molar-refractivity contribution in [2.45, 2.75) is 31.2 Å². The monoisotopic (exact) mass is 368 g/mol. The molecule has 0 N–H and O–H groups in total. The normalized spacial score (nSPS) is 23.6. The first-order chi connectivity index (χ1) is 12.0. The highest BCUT2D eigenvalue weighted by Gasteiger charge is 2.52. The maximum Gasteiger partial charge on any atom is 0.254 e. The summed E-state index contributed by atoms with van der Waals surface area (Å²) in [6.45, 7) is 2.18. The third-order valence-corrected chi connectivity index (χ3v) is 5.48. The van der Waals surface area contributed by atoms with Gasteiger partial charge in [0, 0.05) is 32.3 Å². The standard InChI is InChI=1S/C18H22ClFN2O3/c1-25-11-10-21-8-2-6-18(17(21)24)7-3-9-22(18)16(23)13-4-5-14(19)15(20)12-13/h4-5,12H,2-3,6-11H2,1H3. The highest BCUT2D eigenvalue weighted by atomic mass is 35.5. The second-order valence-electron chi connectivity index (χ2n) is 6.61. The zero-order valence-electron chi connectivity index (χ0n) is 14.3. The van der Waals surface area contributed by atoms with E-state index in [-0.39, 0.29) is 22.4 Å². The summed E-state index contributed by atoms with van der Waals surface area (Å²) in [6, 6.07) is 4.03. The molecule has 3 rings (SSSR count). The van der Waals surface area contributed by atoms with Gasteiger partial charge in [0.1, 0.15) is 11.4 Å². The van der Waals surface area contributed by atoms with E-state index in [1.165, 1.54) is 12.1 Å². The molecule has 136 valence electrons. The molecule has 2 saturated heterocycles. The van der Waals surface area contributed by atoms with E-state index in [1.54, 1.807) is 16.9 Å². The van der Waals surface area contributed by atoms with Crippen LogP contribution < -0.4 is 0 Å². The van der Waals surface area contributed by atoms with Gasteiger partial charge < -0.3 is 14.5 Å². The second-order valence-corrected chi connectivity index (χ2v) is 7.02. The predicted molar refractivity (Wildman–Crippen MR) is 92.1 cm³/mol. The molecule has 7 heteroatoms. The van der Waals surface area contributed by atoms with Crippen molar-refractivity contribution in [2.75, 3.05) is 33.4 Å². The van der Waals surface area contributed by atoms with Crippen LogP contribution in [0.25, 0.3) is 0 Å². The minimum Gasteiger partial charge on any atom is -0.383 e. The average molecular weight is 369 g/mol. The summed E-state index contributed by atoms with van der Waals surface area (Å²) in [6.07, 6.45) is 2.91. The number of piperidine rings is 1. The van der Waals surface area contributed by atoms with Crippen molar-refractivity contribution in [2.24, 2.45) is 0 Å². The third kappa shape index (κ3) is 3.25. The number of methoxy groups -OCH3 is 1. The largest absolute Gasteiger partial charge is 0.383 e. The molecule has 2 heterocycles. The van der Waals surface area contributed by atoms with Crippen LogP contribution in [-0.4, -0.2) is 60.5 Å². The van der Waals surface area contributed by atoms with Crippen molar-refractivity contribution in [3.05, 3.63) is 34.6 Å². The number of ether oxygens (including phenoxy) is 1. The molecule has 0 saturated carbocycles. The lowest BCUT2D eigenvalue weighted by Gasteiger charge is -2.44. The van der Waals surface area contributed by atoms with Crippen molar-refractivity contribution in [3.63, 3.8) is 0 Å². The first-order valence-electron chi connectivity index (χ1n) is 8.55. The number of hydrogen-bond donors (Lipinski definition) is 0. The van der Waals surface area contributed by atoms with Gasteiger partial charge in [-0.1, -0.05) is 11.6 Å². The summed E-state index contributed by atoms with van der Waals surface area (Å²) < 4.78 is 18.8. The van der Waals surface area contributed by atoms with Crippen LogP contribution in [0, 0.1) is 5.82 Å². The predicted octanol–water partition coefficient (Wildman–Crippen LogP) is 2.72. The average Bonchev–Trinajstić information content (AvgIpc) is 3.02. The molecule has 5 nitrogen and oxygen atoms in total. The van der Waals surface area contributed by atoms with Gasteiger partial charge in [-0.15, -0.1) is 0 Å². The lowest BCUT2D eigenvalue weighted by atomic mass is 9.85. The summed E-state index contributed by atoms with van der Waals surface area (Å²) in [5.74, 6) is -0.955. The number of hydrogen-bond acceptors (Lipinski definition) is 3. The molecule has 0 aromatic heterocycles. The van der Waals surface area contributed by atoms with Crippen LogP contribution in [0.15, 0.2) is 18.2 Å². The fraction of sp³-hybridized carbons (Fsp3) is 0.556. The fourth-order valence-electron chi connectivity index (χ4n) is 3.92. The molecule has 25 heavy (non-hydrogen) atoms. The number of carbonyl (C=O) groups excluding carboxylic acids is 2. The first-order valence-corrected chi connectivity index (χ1v) is 8.93. The first kappa shape index (κ1) is 18.1. The Hall–Kier alpha value is -1.66. The molecule has 1 aromatic carbocycles. The van der Waals surface area contributed by atoms with Crippen LogP contribution in [0.3, 0.4) is 0 Å². The Balaban J connectivity index is 1.86. The summed E-state index contributed by atoms with van der Waals surface area (Å²) in [5.41, 5.74) is -0.580. The van der Waals surface area contributed by atoms with Gasteiger partial charge in [-0.3, -0.25) is 9.59 Å². The summed E-state index contributed by atoms with van der Waals surface area (Å²) in [5, 5.41) is -0.0211. The van der Waals surface area contributed by atoms with Crippen LogP contribution in [0.1, 0.15) is 36.0 Å². The number of benzene rings is 1. The van der Waals surface area contributed by atoms with Crippen molar-refractivity contribution < 1.29 is 18.7 Å². The molecule has 1 atom stereocenters. The van der Waals surface area contributed by atoms with Crippen LogP contribution in [-0.2, 0) is 9.53 Å². The van der Waals surface area contributed by atoms with E-state index in [9.17, 15) is 14.0 Å². The van der Waals surface area contributed by atoms with Crippen LogP contribution in [0.2, 0.25) is 5.02 Å². The number of halogens is 2. The zero-order chi connectivity index (χ0) is 18.0. The molecule has 2 aliphatic rings. The second kappa shape index (κ2) is 7.30. The van der Waals surface area contributed by atoms with E-state index in [2.05, 4.69) is 0 Å². The number of amides is 2. The van der Waals surface area contributed by atoms with Gasteiger partial charge in [0.15, 0.2) is 0 Å². The van der Waals surface area contributed by atoms with Gasteiger partial charge >= 0.3 is 0 Å². The number of nitrogens with zero attached hydrogens (tertiary/aromatic N) is 2. The third-order valence-electron chi connectivity index (χ3n) is 5.17. The van der Waals surface area contributed by atoms with Gasteiger partial charge in [-0.05, 0) is 43.9 Å². The molecule has 0 aliphatic carbocycles. The summed E-state index contributed by atoms with van der Waals surface area (Å²) >= 11 is 5.71. The van der Waals surface area contributed by atoms with Crippen molar-refractivity contribution >= 4 is 23.4 Å². The molecule has 2 amide bonds. The molecule has 1 unspecified atom stereocenters. The van der Waals surface area contributed by atoms with Crippen LogP contribution in [0.4, 0.5) is 4.39 Å². The minimum atomic E-state index is -0.806. The van der Waals surface area contributed by atoms with Crippen molar-refractivity contribution in [3.8, 4) is 0 Å². The Morgan fingerprint density at radius 1 is 1.32 bits per heavy atom. The van der Waals surface area contributed by atoms with E-state index in [0.717, 1.165) is 18.9 Å². The van der Waals surface area contributed by atoms with Gasteiger partial charge in [0.05, 0.1) is 11.6 Å². The highest BCUT2D eigenvalue weighted by molar-refractivity contribution is 6.30. The van der Waals surface area contributed by atoms with Crippen LogP contribution >= 0.6 is 11.6 Å². The Morgan fingerprint density at radius 3 is 2.72 bits per heavy atom. The van der Waals surface area contributed by atoms with E-state index >= 15 is 0 Å². The van der Waals surface area contributed by atoms with Gasteiger partial charge in [0.2, 0.25) is 5.91 Å². The molecule has 1 spiro atoms. The molecule has 2 aliphatic heterocycles. The van der Waals surface area contributed by atoms with Gasteiger partial charge in [0.25, 0.3) is 5.91 Å². The molecule has 1 aromatic rings. The molecular formula is C18H22ClFN2O3. The van der Waals surface area contributed by atoms with Crippen molar-refractivity contribution in [1.82, 2.24) is 9.80 Å². The Bertz CT molecular complexity index is 684. The van der Waals surface area contributed by atoms with E-state index in [4.69, 9.17) is 16.3 Å². The molecular weight excluding hydrogens is 347 g/mol. The van der Waals surface area contributed by atoms with Crippen molar-refractivity contribution in [1.29, 1.82) is 0 Å². The highest BCUT2D eigenvalue weighted by Crippen LogP contribution is 2.39. The van der Waals surface area contributed by atoms with E-state index in [0.29, 0.717) is 39.1 Å². The van der Waals surface area contributed by atoms with Gasteiger partial charge in [-0.2, -0.15) is 0 Å². The quantitative estimate of drug-likeness (QED) is 0.821. The van der Waals surface area contributed by atoms with E-state index in [1.807, 2.05) is 0 Å². The molecule has 0 radical (unpaired) electrons. The Labute approximate surface area is 151 Å². The molecule has 2 fully saturated rings. The SMILES string of the molecule is COCCN1CCCC2(CCCN2C(=O)c2ccc(Cl)c(F)c2)C1=O. The maximum atomic E-state index is 13.7. The lowest BCUT2D eigenvalue weighted by molar-refractivity contribution is -0.146. The Morgan fingerprint density at radius 2 is 2.04 bits per heavy atom. The number of carbonyl (C=O) groups is 2. The number of likely N-dealkylation sites (tertiary alicyclic amines) is 2. The fourth-order valence-corrected chi connectivity index (χ4v) is 4.04. The van der Waals surface area contributed by atoms with Gasteiger partial charge in [-0.25, -0.2) is 4.39 Å². The Kier molecular flexibility index (Phi) is 5.29. The van der Waals surface area contributed by atoms with Crippen LogP contribution in [0.5, 0.6) is 0 Å². The minimum absolute atomic E-state index is 0.0175. The topological polar surface area (TPSA) is 49.9 Å². The smallest absolute Gasteiger partial charge is 0.254 e. The number of rotatable bonds is 4. The molecule has 0 bridgehead atoms. The van der Waals surface area contributed by atoms with E-state index < -0.39 is 11.4 Å². The summed E-state index contributed by atoms with van der Waals surface area (Å²) in [4.78, 5) is 29.5.